The molecule has 14 heteroatoms. The van der Waals surface area contributed by atoms with Gasteiger partial charge in [-0.2, -0.15) is 13.2 Å². The normalized spacial score (nSPS) is 22.9. The van der Waals surface area contributed by atoms with Crippen LogP contribution in [0.25, 0.3) is 11.3 Å². The second-order valence-electron chi connectivity index (χ2n) is 11.5. The summed E-state index contributed by atoms with van der Waals surface area (Å²) in [4.78, 5) is 11.5. The average molecular weight is 606 g/mol. The number of rotatable bonds is 7. The van der Waals surface area contributed by atoms with Crippen molar-refractivity contribution < 1.29 is 17.9 Å². The molecule has 2 fully saturated rings. The number of hydrogen-bond donors (Lipinski definition) is 3. The first-order valence-corrected chi connectivity index (χ1v) is 14.8. The minimum absolute atomic E-state index is 0.231. The standard InChI is InChI=1S/C28H35ClF3N9O/c29-21-15-34-24(14-20(21)22-2-1-3-23(37-22)35-17-27(33)8-12-42-13-9-27)36-18-4-6-19(7-5-18)40-10-11-41-25(16-40)38-39-26(41)28(30,31)32/h1-3,14-15,18-19H,4-13,16-17,33H2,(H,34,36)(H,35,37)/t18-,19+. The van der Waals surface area contributed by atoms with Crippen molar-refractivity contribution in [3.8, 4) is 11.3 Å². The highest BCUT2D eigenvalue weighted by Gasteiger charge is 2.40. The van der Waals surface area contributed by atoms with E-state index in [2.05, 4.69) is 30.7 Å². The summed E-state index contributed by atoms with van der Waals surface area (Å²) in [6.07, 6.45) is 2.47. The monoisotopic (exact) mass is 605 g/mol. The van der Waals surface area contributed by atoms with Crippen molar-refractivity contribution in [1.29, 1.82) is 0 Å². The first-order chi connectivity index (χ1) is 20.2. The molecule has 3 aliphatic rings. The van der Waals surface area contributed by atoms with Gasteiger partial charge in [0, 0.05) is 62.2 Å². The van der Waals surface area contributed by atoms with Crippen LogP contribution in [0, 0.1) is 0 Å². The predicted molar refractivity (Wildman–Crippen MR) is 153 cm³/mol. The van der Waals surface area contributed by atoms with Crippen molar-refractivity contribution in [1.82, 2.24) is 29.6 Å². The number of alkyl halides is 3. The Morgan fingerprint density at radius 1 is 1.07 bits per heavy atom. The van der Waals surface area contributed by atoms with Crippen molar-refractivity contribution in [2.45, 2.75) is 75.4 Å². The largest absolute Gasteiger partial charge is 0.451 e. The number of hydrogen-bond acceptors (Lipinski definition) is 9. The summed E-state index contributed by atoms with van der Waals surface area (Å²) < 4.78 is 46.2. The molecule has 226 valence electrons. The Bertz CT molecular complexity index is 1390. The van der Waals surface area contributed by atoms with E-state index in [1.54, 1.807) is 6.20 Å². The number of nitrogens with two attached hydrogens (primary N) is 1. The zero-order valence-electron chi connectivity index (χ0n) is 23.2. The van der Waals surface area contributed by atoms with Gasteiger partial charge in [0.2, 0.25) is 5.82 Å². The van der Waals surface area contributed by atoms with E-state index in [1.807, 2.05) is 24.3 Å². The lowest BCUT2D eigenvalue weighted by Crippen LogP contribution is -2.50. The molecule has 0 bridgehead atoms. The molecular weight excluding hydrogens is 571 g/mol. The number of aromatic nitrogens is 5. The highest BCUT2D eigenvalue weighted by atomic mass is 35.5. The van der Waals surface area contributed by atoms with Crippen LogP contribution in [-0.2, 0) is 24.0 Å². The average Bonchev–Trinajstić information content (AvgIpc) is 3.42. The molecule has 0 unspecified atom stereocenters. The second kappa shape index (κ2) is 11.9. The van der Waals surface area contributed by atoms with Crippen LogP contribution in [0.5, 0.6) is 0 Å². The molecule has 0 spiro atoms. The molecule has 0 radical (unpaired) electrons. The van der Waals surface area contributed by atoms with Crippen molar-refractivity contribution in [3.63, 3.8) is 0 Å². The fraction of sp³-hybridized carbons (Fsp3) is 0.571. The number of fused-ring (bicyclic) bond motifs is 1. The first kappa shape index (κ1) is 29.1. The van der Waals surface area contributed by atoms with E-state index in [9.17, 15) is 13.2 Å². The molecule has 4 N–H and O–H groups in total. The summed E-state index contributed by atoms with van der Waals surface area (Å²) in [6, 6.07) is 8.24. The van der Waals surface area contributed by atoms with E-state index < -0.39 is 12.0 Å². The number of nitrogens with zero attached hydrogens (tertiary/aromatic N) is 6. The molecule has 0 amide bonds. The molecule has 1 aliphatic carbocycles. The zero-order valence-corrected chi connectivity index (χ0v) is 24.0. The maximum atomic E-state index is 13.2. The molecular formula is C28H35ClF3N9O. The third-order valence-corrected chi connectivity index (χ3v) is 8.89. The van der Waals surface area contributed by atoms with Gasteiger partial charge in [0.25, 0.3) is 0 Å². The quantitative estimate of drug-likeness (QED) is 0.356. The molecule has 6 rings (SSSR count). The Hall–Kier alpha value is -3.00. The number of anilines is 2. The lowest BCUT2D eigenvalue weighted by molar-refractivity contribution is -0.148. The van der Waals surface area contributed by atoms with Gasteiger partial charge in [-0.1, -0.05) is 17.7 Å². The lowest BCUT2D eigenvalue weighted by Gasteiger charge is -2.39. The van der Waals surface area contributed by atoms with Crippen LogP contribution < -0.4 is 16.4 Å². The zero-order chi connectivity index (χ0) is 29.3. The second-order valence-corrected chi connectivity index (χ2v) is 11.9. The fourth-order valence-electron chi connectivity index (χ4n) is 6.11. The van der Waals surface area contributed by atoms with Crippen molar-refractivity contribution in [2.24, 2.45) is 5.73 Å². The summed E-state index contributed by atoms with van der Waals surface area (Å²) in [7, 11) is 0. The van der Waals surface area contributed by atoms with Gasteiger partial charge in [-0.15, -0.1) is 10.2 Å². The van der Waals surface area contributed by atoms with Crippen LogP contribution in [0.2, 0.25) is 5.02 Å². The number of halogens is 4. The van der Waals surface area contributed by atoms with E-state index in [4.69, 9.17) is 27.1 Å². The maximum Gasteiger partial charge on any atom is 0.451 e. The van der Waals surface area contributed by atoms with Crippen LogP contribution in [0.3, 0.4) is 0 Å². The van der Waals surface area contributed by atoms with E-state index in [0.717, 1.165) is 61.4 Å². The topological polar surface area (TPSA) is 119 Å². The Morgan fingerprint density at radius 2 is 1.86 bits per heavy atom. The molecule has 0 atom stereocenters. The summed E-state index contributed by atoms with van der Waals surface area (Å²) in [5, 5.41) is 14.7. The predicted octanol–water partition coefficient (Wildman–Crippen LogP) is 4.57. The molecule has 10 nitrogen and oxygen atoms in total. The van der Waals surface area contributed by atoms with E-state index in [-0.39, 0.29) is 18.1 Å². The molecule has 1 saturated heterocycles. The summed E-state index contributed by atoms with van der Waals surface area (Å²) in [5.74, 6) is 0.935. The van der Waals surface area contributed by atoms with Crippen LogP contribution in [0.4, 0.5) is 24.8 Å². The third kappa shape index (κ3) is 6.48. The minimum atomic E-state index is -4.49. The highest BCUT2D eigenvalue weighted by molar-refractivity contribution is 6.33. The van der Waals surface area contributed by atoms with Crippen LogP contribution >= 0.6 is 11.6 Å². The van der Waals surface area contributed by atoms with Gasteiger partial charge in [-0.3, -0.25) is 4.90 Å². The van der Waals surface area contributed by atoms with Crippen molar-refractivity contribution in [2.75, 3.05) is 36.9 Å². The fourth-order valence-corrected chi connectivity index (χ4v) is 6.31. The van der Waals surface area contributed by atoms with E-state index in [1.165, 1.54) is 4.57 Å². The Labute approximate surface area is 247 Å². The third-order valence-electron chi connectivity index (χ3n) is 8.59. The lowest BCUT2D eigenvalue weighted by atomic mass is 9.89. The van der Waals surface area contributed by atoms with Gasteiger partial charge < -0.3 is 25.7 Å². The smallest absolute Gasteiger partial charge is 0.381 e. The van der Waals surface area contributed by atoms with Crippen LogP contribution in [-0.4, -0.2) is 73.6 Å². The molecule has 5 heterocycles. The molecule has 42 heavy (non-hydrogen) atoms. The van der Waals surface area contributed by atoms with Gasteiger partial charge >= 0.3 is 6.18 Å². The minimum Gasteiger partial charge on any atom is -0.381 e. The number of nitrogens with one attached hydrogen (secondary N) is 2. The number of ether oxygens (including phenoxy) is 1. The molecule has 0 aromatic carbocycles. The highest BCUT2D eigenvalue weighted by Crippen LogP contribution is 2.33. The van der Waals surface area contributed by atoms with Crippen LogP contribution in [0.15, 0.2) is 30.5 Å². The maximum absolute atomic E-state index is 13.2. The molecule has 3 aromatic heterocycles. The Morgan fingerprint density at radius 3 is 2.62 bits per heavy atom. The molecule has 3 aromatic rings. The SMILES string of the molecule is NC1(CNc2cccc(-c3cc(N[C@H]4CC[C@@H](N5CCn6c(nnc6C(F)(F)F)C5)CC4)ncc3Cl)n2)CCOCC1. The molecule has 1 saturated carbocycles. The first-order valence-electron chi connectivity index (χ1n) is 14.4. The summed E-state index contributed by atoms with van der Waals surface area (Å²) in [6.45, 7) is 3.14. The van der Waals surface area contributed by atoms with E-state index >= 15 is 0 Å². The van der Waals surface area contributed by atoms with Gasteiger partial charge in [0.1, 0.15) is 17.5 Å². The summed E-state index contributed by atoms with van der Waals surface area (Å²) >= 11 is 6.55. The molecule has 2 aliphatic heterocycles. The van der Waals surface area contributed by atoms with Crippen molar-refractivity contribution in [3.05, 3.63) is 47.1 Å². The Kier molecular flexibility index (Phi) is 8.27. The van der Waals surface area contributed by atoms with Gasteiger partial charge in [-0.25, -0.2) is 9.97 Å². The van der Waals surface area contributed by atoms with Crippen molar-refractivity contribution >= 4 is 23.2 Å². The van der Waals surface area contributed by atoms with Gasteiger partial charge in [-0.05, 0) is 56.7 Å². The summed E-state index contributed by atoms with van der Waals surface area (Å²) in [5.41, 5.74) is 7.73. The van der Waals surface area contributed by atoms with Gasteiger partial charge in [0.15, 0.2) is 0 Å². The van der Waals surface area contributed by atoms with Crippen LogP contribution in [0.1, 0.15) is 50.2 Å². The Balaban J connectivity index is 1.05. The number of pyridine rings is 2. The van der Waals surface area contributed by atoms with Gasteiger partial charge in [0.05, 0.1) is 17.3 Å². The van der Waals surface area contributed by atoms with E-state index in [0.29, 0.717) is 49.7 Å².